The van der Waals surface area contributed by atoms with Crippen LogP contribution in [0.2, 0.25) is 28.2 Å². The Labute approximate surface area is 253 Å². The molecular weight excluding hydrogens is 561 g/mol. The molecule has 42 heavy (non-hydrogen) atoms. The summed E-state index contributed by atoms with van der Waals surface area (Å²) >= 11 is 0. The predicted molar refractivity (Wildman–Crippen MR) is 173 cm³/mol. The van der Waals surface area contributed by atoms with Gasteiger partial charge < -0.3 is 18.0 Å². The third-order valence-electron chi connectivity index (χ3n) is 9.14. The van der Waals surface area contributed by atoms with E-state index in [1.807, 2.05) is 41.2 Å². The first kappa shape index (κ1) is 31.2. The predicted octanol–water partition coefficient (Wildman–Crippen LogP) is 7.74. The van der Waals surface area contributed by atoms with Gasteiger partial charge in [-0.05, 0) is 29.8 Å². The van der Waals surface area contributed by atoms with E-state index in [0.717, 1.165) is 16.8 Å². The number of ether oxygens (including phenoxy) is 1. The van der Waals surface area contributed by atoms with Crippen LogP contribution in [0.1, 0.15) is 79.8 Å². The first-order chi connectivity index (χ1) is 19.5. The highest BCUT2D eigenvalue weighted by molar-refractivity contribution is 6.74. The van der Waals surface area contributed by atoms with Crippen LogP contribution < -0.4 is 0 Å². The number of hydrogen-bond acceptors (Lipinski definition) is 7. The van der Waals surface area contributed by atoms with E-state index >= 15 is 0 Å². The molecule has 3 aromatic rings. The number of rotatable bonds is 5. The van der Waals surface area contributed by atoms with Crippen molar-refractivity contribution in [2.24, 2.45) is 0 Å². The Balaban J connectivity index is 1.57. The molecule has 0 N–H and O–H groups in total. The van der Waals surface area contributed by atoms with Crippen LogP contribution in [0.3, 0.4) is 0 Å². The van der Waals surface area contributed by atoms with Crippen LogP contribution in [0.15, 0.2) is 43.0 Å². The lowest BCUT2D eigenvalue weighted by molar-refractivity contribution is -0.0795. The fourth-order valence-corrected chi connectivity index (χ4v) is 12.3. The second-order valence-corrected chi connectivity index (χ2v) is 24.8. The molecule has 2 aliphatic rings. The largest absolute Gasteiger partial charge is 0.407 e. The Morgan fingerprint density at radius 2 is 1.60 bits per heavy atom. The summed E-state index contributed by atoms with van der Waals surface area (Å²) in [5.41, 5.74) is 3.28. The minimum Gasteiger partial charge on any atom is -0.407 e. The molecule has 8 nitrogen and oxygen atoms in total. The summed E-state index contributed by atoms with van der Waals surface area (Å²) < 4.78 is 30.1. The fraction of sp³-hybridized carbons (Fsp3) is 0.594. The monoisotopic (exact) mass is 608 g/mol. The molecule has 10 heteroatoms. The second-order valence-electron chi connectivity index (χ2n) is 15.2. The van der Waals surface area contributed by atoms with E-state index < -0.39 is 23.1 Å². The zero-order valence-electron chi connectivity index (χ0n) is 27.1. The van der Waals surface area contributed by atoms with Crippen molar-refractivity contribution >= 4 is 40.2 Å². The van der Waals surface area contributed by atoms with Crippen molar-refractivity contribution in [3.05, 3.63) is 54.2 Å². The Hall–Kier alpha value is -2.22. The number of aromatic nitrogens is 4. The number of imidazole rings is 1. The molecule has 0 spiro atoms. The minimum absolute atomic E-state index is 0.0119. The van der Waals surface area contributed by atoms with E-state index in [0.29, 0.717) is 12.3 Å². The van der Waals surface area contributed by atoms with Gasteiger partial charge in [-0.2, -0.15) is 0 Å². The Morgan fingerprint density at radius 3 is 2.21 bits per heavy atom. The molecule has 0 unspecified atom stereocenters. The molecule has 2 aliphatic heterocycles. The summed E-state index contributed by atoms with van der Waals surface area (Å²) in [7, 11) is -4.99. The minimum atomic E-state index is -2.76. The number of hydrogen-bond donors (Lipinski definition) is 0. The van der Waals surface area contributed by atoms with Crippen molar-refractivity contribution < 1.29 is 18.0 Å². The lowest BCUT2D eigenvalue weighted by Crippen LogP contribution is -2.66. The van der Waals surface area contributed by atoms with Gasteiger partial charge in [0.2, 0.25) is 0 Å². The summed E-state index contributed by atoms with van der Waals surface area (Å²) in [5.74, 6) is 0. The summed E-state index contributed by atoms with van der Waals surface area (Å²) in [6.07, 6.45) is 6.10. The van der Waals surface area contributed by atoms with Gasteiger partial charge in [-0.3, -0.25) is 4.57 Å². The zero-order chi connectivity index (χ0) is 30.7. The van der Waals surface area contributed by atoms with Crippen LogP contribution in [0, 0.1) is 0 Å². The standard InChI is InChI=1S/C32H48N4O4Si2/c1-30(2,3)41(10,11)39-27-26-24(19-37-42(40-26,31(4,5)6)32(7,8)9)38-29(27)36-21-35-25-23(33-20-34-28(25)36)18-17-22-15-13-12-14-16-22/h12-18,20-21,24,26-27,29H,19H2,1-11H3/t24-,26-,27-,29-/m1/s1. The summed E-state index contributed by atoms with van der Waals surface area (Å²) in [6, 6.07) is 10.2. The molecule has 2 saturated heterocycles. The molecular formula is C32H48N4O4Si2. The molecule has 228 valence electrons. The number of nitrogens with zero attached hydrogens (tertiary/aromatic N) is 4. The first-order valence-electron chi connectivity index (χ1n) is 15.0. The van der Waals surface area contributed by atoms with Gasteiger partial charge in [0.15, 0.2) is 20.2 Å². The highest BCUT2D eigenvalue weighted by Crippen LogP contribution is 2.56. The number of fused-ring (bicyclic) bond motifs is 2. The lowest BCUT2D eigenvalue weighted by atomic mass is 10.1. The first-order valence-corrected chi connectivity index (χ1v) is 19.7. The summed E-state index contributed by atoms with van der Waals surface area (Å²) in [4.78, 5) is 14.0. The highest BCUT2D eigenvalue weighted by atomic mass is 28.4. The van der Waals surface area contributed by atoms with Gasteiger partial charge in [0.05, 0.1) is 18.6 Å². The lowest BCUT2D eigenvalue weighted by Gasteiger charge is -2.54. The molecule has 0 saturated carbocycles. The van der Waals surface area contributed by atoms with Crippen LogP contribution in [-0.2, 0) is 18.0 Å². The fourth-order valence-electron chi connectivity index (χ4n) is 6.11. The van der Waals surface area contributed by atoms with E-state index in [1.165, 1.54) is 0 Å². The maximum Gasteiger partial charge on any atom is 0.349 e. The van der Waals surface area contributed by atoms with Gasteiger partial charge in [0, 0.05) is 10.1 Å². The van der Waals surface area contributed by atoms with Crippen molar-refractivity contribution in [2.75, 3.05) is 6.61 Å². The zero-order valence-corrected chi connectivity index (χ0v) is 29.1. The van der Waals surface area contributed by atoms with Crippen molar-refractivity contribution in [3.63, 3.8) is 0 Å². The van der Waals surface area contributed by atoms with Gasteiger partial charge in [0.25, 0.3) is 0 Å². The maximum atomic E-state index is 7.26. The second kappa shape index (κ2) is 10.7. The van der Waals surface area contributed by atoms with Crippen LogP contribution in [0.4, 0.5) is 0 Å². The van der Waals surface area contributed by atoms with Crippen LogP contribution in [0.25, 0.3) is 23.3 Å². The Morgan fingerprint density at radius 1 is 0.929 bits per heavy atom. The van der Waals surface area contributed by atoms with Gasteiger partial charge in [-0.25, -0.2) is 15.0 Å². The third kappa shape index (κ3) is 5.46. The van der Waals surface area contributed by atoms with Crippen molar-refractivity contribution in [3.8, 4) is 0 Å². The smallest absolute Gasteiger partial charge is 0.349 e. The number of benzene rings is 1. The molecule has 0 amide bonds. The quantitative estimate of drug-likeness (QED) is 0.274. The Kier molecular flexibility index (Phi) is 7.99. The van der Waals surface area contributed by atoms with E-state index in [2.05, 4.69) is 97.5 Å². The average molecular weight is 609 g/mol. The van der Waals surface area contributed by atoms with Gasteiger partial charge in [-0.15, -0.1) is 0 Å². The molecule has 4 heterocycles. The van der Waals surface area contributed by atoms with Crippen molar-refractivity contribution in [1.82, 2.24) is 19.5 Å². The SMILES string of the molecule is CC(C)(C)[Si](C)(C)O[C@@H]1[C@@H]2O[Si](C(C)(C)C)(C(C)(C)C)OC[C@H]2O[C@H]1n1cnc2c(C=Cc3ccccc3)ncnc21. The van der Waals surface area contributed by atoms with E-state index in [4.69, 9.17) is 23.0 Å². The molecule has 1 aromatic carbocycles. The van der Waals surface area contributed by atoms with Crippen LogP contribution >= 0.6 is 0 Å². The summed E-state index contributed by atoms with van der Waals surface area (Å²) in [6.45, 7) is 25.3. The van der Waals surface area contributed by atoms with Gasteiger partial charge >= 0.3 is 8.56 Å². The molecule has 5 rings (SSSR count). The van der Waals surface area contributed by atoms with Gasteiger partial charge in [-0.1, -0.05) is 98.7 Å². The molecule has 4 atom stereocenters. The van der Waals surface area contributed by atoms with E-state index in [9.17, 15) is 0 Å². The Bertz CT molecular complexity index is 1420. The molecule has 0 radical (unpaired) electrons. The topological polar surface area (TPSA) is 80.5 Å². The van der Waals surface area contributed by atoms with Crippen molar-refractivity contribution in [1.29, 1.82) is 0 Å². The van der Waals surface area contributed by atoms with Crippen LogP contribution in [-0.4, -0.2) is 61.3 Å². The van der Waals surface area contributed by atoms with E-state index in [1.54, 1.807) is 6.33 Å². The molecule has 2 fully saturated rings. The van der Waals surface area contributed by atoms with Crippen LogP contribution in [0.5, 0.6) is 0 Å². The van der Waals surface area contributed by atoms with Crippen molar-refractivity contribution in [2.45, 2.75) is 115 Å². The summed E-state index contributed by atoms with van der Waals surface area (Å²) in [5, 5.41) is -0.284. The normalized spacial score (nSPS) is 25.3. The maximum absolute atomic E-state index is 7.26. The molecule has 2 aromatic heterocycles. The van der Waals surface area contributed by atoms with Gasteiger partial charge in [0.1, 0.15) is 30.2 Å². The highest BCUT2D eigenvalue weighted by Gasteiger charge is 2.66. The average Bonchev–Trinajstić information content (AvgIpc) is 3.47. The molecule has 0 bridgehead atoms. The third-order valence-corrected chi connectivity index (χ3v) is 18.7. The molecule has 0 aliphatic carbocycles. The van der Waals surface area contributed by atoms with E-state index in [-0.39, 0.29) is 33.4 Å².